The van der Waals surface area contributed by atoms with Gasteiger partial charge in [0, 0.05) is 18.4 Å². The van der Waals surface area contributed by atoms with Crippen molar-refractivity contribution in [3.8, 4) is 0 Å². The van der Waals surface area contributed by atoms with E-state index in [4.69, 9.17) is 5.11 Å². The highest BCUT2D eigenvalue weighted by atomic mass is 16.4. The van der Waals surface area contributed by atoms with Gasteiger partial charge >= 0.3 is 5.97 Å². The zero-order valence-electron chi connectivity index (χ0n) is 11.6. The van der Waals surface area contributed by atoms with Crippen molar-refractivity contribution in [2.24, 2.45) is 0 Å². The highest BCUT2D eigenvalue weighted by Gasteiger charge is 2.15. The number of carboxylic acids is 1. The van der Waals surface area contributed by atoms with Gasteiger partial charge < -0.3 is 10.0 Å². The van der Waals surface area contributed by atoms with Crippen molar-refractivity contribution < 1.29 is 9.90 Å². The van der Waals surface area contributed by atoms with E-state index < -0.39 is 5.97 Å². The summed E-state index contributed by atoms with van der Waals surface area (Å²) in [6.07, 6.45) is 2.31. The number of aryl methyl sites for hydroxylation is 1. The second-order valence-electron chi connectivity index (χ2n) is 4.46. The van der Waals surface area contributed by atoms with Crippen LogP contribution in [0.2, 0.25) is 0 Å². The second-order valence-corrected chi connectivity index (χ2v) is 4.46. The summed E-state index contributed by atoms with van der Waals surface area (Å²) in [5, 5.41) is 9.02. The molecule has 1 N–H and O–H groups in total. The van der Waals surface area contributed by atoms with Crippen LogP contribution in [0.15, 0.2) is 36.5 Å². The van der Waals surface area contributed by atoms with Gasteiger partial charge in [0.25, 0.3) is 0 Å². The first-order valence-corrected chi connectivity index (χ1v) is 6.53. The van der Waals surface area contributed by atoms with Gasteiger partial charge in [0.05, 0.1) is 11.3 Å². The summed E-state index contributed by atoms with van der Waals surface area (Å²) < 4.78 is 0. The van der Waals surface area contributed by atoms with Crippen LogP contribution in [-0.4, -0.2) is 27.6 Å². The van der Waals surface area contributed by atoms with Gasteiger partial charge in [-0.1, -0.05) is 25.1 Å². The minimum atomic E-state index is -1.00. The molecule has 20 heavy (non-hydrogen) atoms. The molecule has 0 atom stereocenters. The molecule has 5 nitrogen and oxygen atoms in total. The number of benzene rings is 1. The van der Waals surface area contributed by atoms with Crippen LogP contribution in [0.5, 0.6) is 0 Å². The first-order valence-electron chi connectivity index (χ1n) is 6.53. The lowest BCUT2D eigenvalue weighted by Gasteiger charge is -2.22. The van der Waals surface area contributed by atoms with Crippen LogP contribution >= 0.6 is 0 Å². The molecule has 0 bridgehead atoms. The zero-order chi connectivity index (χ0) is 14.5. The number of hydrogen-bond donors (Lipinski definition) is 1. The average Bonchev–Trinajstić information content (AvgIpc) is 2.45. The van der Waals surface area contributed by atoms with E-state index in [1.54, 1.807) is 6.92 Å². The molecule has 0 saturated carbocycles. The van der Waals surface area contributed by atoms with Gasteiger partial charge in [-0.05, 0) is 25.5 Å². The van der Waals surface area contributed by atoms with Crippen molar-refractivity contribution in [1.82, 2.24) is 9.97 Å². The molecule has 0 radical (unpaired) electrons. The molecule has 0 aliphatic heterocycles. The maximum atomic E-state index is 11.0. The van der Waals surface area contributed by atoms with E-state index in [9.17, 15) is 4.79 Å². The molecule has 0 amide bonds. The highest BCUT2D eigenvalue weighted by Crippen LogP contribution is 2.22. The van der Waals surface area contributed by atoms with Crippen LogP contribution in [0, 0.1) is 6.92 Å². The Balaban J connectivity index is 2.40. The predicted octanol–water partition coefficient (Wildman–Crippen LogP) is 3.03. The van der Waals surface area contributed by atoms with Gasteiger partial charge in [-0.2, -0.15) is 0 Å². The normalized spacial score (nSPS) is 10.3. The Kier molecular flexibility index (Phi) is 4.30. The SMILES string of the molecule is CCCN(c1ccccc1)c1ncc(C(=O)O)c(C)n1. The summed E-state index contributed by atoms with van der Waals surface area (Å²) in [7, 11) is 0. The third kappa shape index (κ3) is 2.93. The summed E-state index contributed by atoms with van der Waals surface area (Å²) in [6, 6.07) is 9.83. The number of carboxylic acid groups (broad SMARTS) is 1. The maximum absolute atomic E-state index is 11.0. The molecule has 0 saturated heterocycles. The topological polar surface area (TPSA) is 66.3 Å². The number of rotatable bonds is 5. The fraction of sp³-hybridized carbons (Fsp3) is 0.267. The summed E-state index contributed by atoms with van der Waals surface area (Å²) in [5.74, 6) is -0.476. The van der Waals surface area contributed by atoms with Gasteiger partial charge in [-0.25, -0.2) is 14.8 Å². The van der Waals surface area contributed by atoms with Crippen LogP contribution in [0.4, 0.5) is 11.6 Å². The van der Waals surface area contributed by atoms with Crippen LogP contribution in [-0.2, 0) is 0 Å². The zero-order valence-corrected chi connectivity index (χ0v) is 11.6. The summed E-state index contributed by atoms with van der Waals surface area (Å²) in [5.41, 5.74) is 1.61. The largest absolute Gasteiger partial charge is 0.478 e. The summed E-state index contributed by atoms with van der Waals surface area (Å²) in [4.78, 5) is 21.5. The first-order chi connectivity index (χ1) is 9.63. The lowest BCUT2D eigenvalue weighted by molar-refractivity contribution is 0.0695. The van der Waals surface area contributed by atoms with Crippen LogP contribution < -0.4 is 4.90 Å². The highest BCUT2D eigenvalue weighted by molar-refractivity contribution is 5.88. The van der Waals surface area contributed by atoms with E-state index in [0.29, 0.717) is 11.6 Å². The Morgan fingerprint density at radius 3 is 2.55 bits per heavy atom. The van der Waals surface area contributed by atoms with E-state index in [1.807, 2.05) is 35.2 Å². The second kappa shape index (κ2) is 6.14. The molecule has 5 heteroatoms. The van der Waals surface area contributed by atoms with Crippen molar-refractivity contribution >= 4 is 17.6 Å². The van der Waals surface area contributed by atoms with Crippen LogP contribution in [0.1, 0.15) is 29.4 Å². The molecule has 2 rings (SSSR count). The van der Waals surface area contributed by atoms with Gasteiger partial charge in [0.15, 0.2) is 0 Å². The van der Waals surface area contributed by atoms with Gasteiger partial charge in [-0.15, -0.1) is 0 Å². The first kappa shape index (κ1) is 14.0. The Bertz CT molecular complexity index is 599. The molecule has 0 aliphatic carbocycles. The number of carbonyl (C=O) groups is 1. The van der Waals surface area contributed by atoms with E-state index >= 15 is 0 Å². The van der Waals surface area contributed by atoms with Crippen molar-refractivity contribution in [3.05, 3.63) is 47.8 Å². The third-order valence-electron chi connectivity index (χ3n) is 2.95. The summed E-state index contributed by atoms with van der Waals surface area (Å²) in [6.45, 7) is 4.54. The fourth-order valence-corrected chi connectivity index (χ4v) is 1.97. The third-order valence-corrected chi connectivity index (χ3v) is 2.95. The van der Waals surface area contributed by atoms with Crippen LogP contribution in [0.25, 0.3) is 0 Å². The Morgan fingerprint density at radius 2 is 2.00 bits per heavy atom. The van der Waals surface area contributed by atoms with Crippen molar-refractivity contribution in [2.45, 2.75) is 20.3 Å². The van der Waals surface area contributed by atoms with Gasteiger partial charge in [0.1, 0.15) is 0 Å². The number of hydrogen-bond acceptors (Lipinski definition) is 4. The van der Waals surface area contributed by atoms with Gasteiger partial charge in [-0.3, -0.25) is 0 Å². The standard InChI is InChI=1S/C15H17N3O2/c1-3-9-18(12-7-5-4-6-8-12)15-16-10-13(14(19)20)11(2)17-15/h4-8,10H,3,9H2,1-2H3,(H,19,20). The van der Waals surface area contributed by atoms with Gasteiger partial charge in [0.2, 0.25) is 5.95 Å². The molecule has 2 aromatic rings. The minimum Gasteiger partial charge on any atom is -0.478 e. The Morgan fingerprint density at radius 1 is 1.30 bits per heavy atom. The lowest BCUT2D eigenvalue weighted by atomic mass is 10.2. The van der Waals surface area contributed by atoms with Crippen molar-refractivity contribution in [2.75, 3.05) is 11.4 Å². The molecular formula is C15H17N3O2. The number of aromatic nitrogens is 2. The number of para-hydroxylation sites is 1. The fourth-order valence-electron chi connectivity index (χ4n) is 1.97. The molecule has 0 aliphatic rings. The van der Waals surface area contributed by atoms with E-state index in [2.05, 4.69) is 16.9 Å². The van der Waals surface area contributed by atoms with E-state index in [1.165, 1.54) is 6.20 Å². The van der Waals surface area contributed by atoms with Crippen molar-refractivity contribution in [3.63, 3.8) is 0 Å². The lowest BCUT2D eigenvalue weighted by Crippen LogP contribution is -2.21. The molecule has 1 heterocycles. The molecule has 0 fully saturated rings. The molecular weight excluding hydrogens is 254 g/mol. The number of aromatic carboxylic acids is 1. The summed E-state index contributed by atoms with van der Waals surface area (Å²) >= 11 is 0. The smallest absolute Gasteiger partial charge is 0.339 e. The van der Waals surface area contributed by atoms with E-state index in [-0.39, 0.29) is 5.56 Å². The average molecular weight is 271 g/mol. The van der Waals surface area contributed by atoms with Crippen molar-refractivity contribution in [1.29, 1.82) is 0 Å². The maximum Gasteiger partial charge on any atom is 0.339 e. The number of anilines is 2. The van der Waals surface area contributed by atoms with E-state index in [0.717, 1.165) is 18.7 Å². The monoisotopic (exact) mass is 271 g/mol. The minimum absolute atomic E-state index is 0.137. The molecule has 1 aromatic carbocycles. The molecule has 0 unspecified atom stereocenters. The molecule has 0 spiro atoms. The number of nitrogens with zero attached hydrogens (tertiary/aromatic N) is 3. The Hall–Kier alpha value is -2.43. The molecule has 104 valence electrons. The quantitative estimate of drug-likeness (QED) is 0.905. The van der Waals surface area contributed by atoms with Crippen LogP contribution in [0.3, 0.4) is 0 Å². The Labute approximate surface area is 117 Å². The predicted molar refractivity (Wildman–Crippen MR) is 77.5 cm³/mol. The molecule has 1 aromatic heterocycles.